The van der Waals surface area contributed by atoms with E-state index in [2.05, 4.69) is 16.0 Å². The summed E-state index contributed by atoms with van der Waals surface area (Å²) in [5.74, 6) is -7.17. The number of sulfone groups is 1. The average Bonchev–Trinajstić information content (AvgIpc) is 3.39. The Kier molecular flexibility index (Phi) is 7.92. The molecule has 1 saturated heterocycles. The van der Waals surface area contributed by atoms with Crippen LogP contribution < -0.4 is 16.0 Å². The van der Waals surface area contributed by atoms with Crippen LogP contribution in [0.2, 0.25) is 5.02 Å². The number of halogens is 4. The molecular formula is C27H27ClF3N3O7S. The SMILES string of the molecule is C[C@H]1CC2C[C@@H](S(=O)(=O)c3cc(C(=O)Nc4cc(F)c(F)c(F)c4)ccc3Cl)CC1[C@@]2(O)CNC(=O)C1COC(=O)N1. The van der Waals surface area contributed by atoms with Crippen molar-refractivity contribution < 1.29 is 45.8 Å². The lowest BCUT2D eigenvalue weighted by molar-refractivity contribution is -0.126. The second-order valence-electron chi connectivity index (χ2n) is 11.0. The lowest BCUT2D eigenvalue weighted by Crippen LogP contribution is -2.57. The Morgan fingerprint density at radius 2 is 1.83 bits per heavy atom. The largest absolute Gasteiger partial charge is 0.447 e. The van der Waals surface area contributed by atoms with Crippen molar-refractivity contribution in [3.63, 3.8) is 0 Å². The zero-order chi connectivity index (χ0) is 30.6. The summed E-state index contributed by atoms with van der Waals surface area (Å²) < 4.78 is 72.8. The van der Waals surface area contributed by atoms with Gasteiger partial charge in [0, 0.05) is 29.9 Å². The van der Waals surface area contributed by atoms with Gasteiger partial charge < -0.3 is 25.8 Å². The first-order valence-electron chi connectivity index (χ1n) is 13.1. The molecular weight excluding hydrogens is 603 g/mol. The maximum atomic E-state index is 13.8. The van der Waals surface area contributed by atoms with Crippen LogP contribution in [0.5, 0.6) is 0 Å². The number of benzene rings is 2. The number of rotatable bonds is 7. The highest BCUT2D eigenvalue weighted by molar-refractivity contribution is 7.92. The van der Waals surface area contributed by atoms with Gasteiger partial charge in [0.25, 0.3) is 5.91 Å². The lowest BCUT2D eigenvalue weighted by atomic mass is 9.73. The molecule has 2 saturated carbocycles. The quantitative estimate of drug-likeness (QED) is 0.344. The third kappa shape index (κ3) is 5.42. The first-order valence-corrected chi connectivity index (χ1v) is 15.1. The van der Waals surface area contributed by atoms with Crippen LogP contribution in [0.3, 0.4) is 0 Å². The molecule has 3 unspecified atom stereocenters. The monoisotopic (exact) mass is 629 g/mol. The highest BCUT2D eigenvalue weighted by atomic mass is 35.5. The van der Waals surface area contributed by atoms with Crippen LogP contribution in [0.25, 0.3) is 0 Å². The summed E-state index contributed by atoms with van der Waals surface area (Å²) in [5.41, 5.74) is -1.92. The number of alkyl carbamates (subject to hydrolysis) is 1. The van der Waals surface area contributed by atoms with Crippen molar-refractivity contribution in [2.24, 2.45) is 17.8 Å². The van der Waals surface area contributed by atoms with Crippen LogP contribution in [0, 0.1) is 35.2 Å². The summed E-state index contributed by atoms with van der Waals surface area (Å²) in [6, 6.07) is 3.80. The molecule has 3 fully saturated rings. The number of fused-ring (bicyclic) bond motifs is 2. The molecule has 2 aromatic carbocycles. The van der Waals surface area contributed by atoms with Crippen LogP contribution in [-0.4, -0.2) is 61.5 Å². The summed E-state index contributed by atoms with van der Waals surface area (Å²) >= 11 is 6.27. The number of ether oxygens (including phenoxy) is 1. The van der Waals surface area contributed by atoms with E-state index in [0.717, 1.165) is 6.07 Å². The molecule has 226 valence electrons. The number of nitrogens with one attached hydrogen (secondary N) is 3. The van der Waals surface area contributed by atoms with Gasteiger partial charge >= 0.3 is 6.09 Å². The fraction of sp³-hybridized carbons (Fsp3) is 0.444. The smallest absolute Gasteiger partial charge is 0.407 e. The number of hydrogen-bond acceptors (Lipinski definition) is 7. The molecule has 5 rings (SSSR count). The highest BCUT2D eigenvalue weighted by Gasteiger charge is 2.58. The predicted molar refractivity (Wildman–Crippen MR) is 143 cm³/mol. The van der Waals surface area contributed by atoms with Crippen molar-refractivity contribution in [2.75, 3.05) is 18.5 Å². The van der Waals surface area contributed by atoms with Crippen molar-refractivity contribution in [3.8, 4) is 0 Å². The van der Waals surface area contributed by atoms with Crippen LogP contribution in [0.1, 0.15) is 36.5 Å². The van der Waals surface area contributed by atoms with Crippen LogP contribution in [0.15, 0.2) is 35.2 Å². The van der Waals surface area contributed by atoms with Crippen LogP contribution >= 0.6 is 11.6 Å². The second kappa shape index (κ2) is 11.0. The number of amides is 3. The Morgan fingerprint density at radius 3 is 2.45 bits per heavy atom. The summed E-state index contributed by atoms with van der Waals surface area (Å²) in [6.45, 7) is 1.63. The van der Waals surface area contributed by atoms with Crippen LogP contribution in [0.4, 0.5) is 23.7 Å². The van der Waals surface area contributed by atoms with Crippen molar-refractivity contribution in [1.29, 1.82) is 0 Å². The van der Waals surface area contributed by atoms with E-state index in [0.29, 0.717) is 18.6 Å². The second-order valence-corrected chi connectivity index (χ2v) is 13.6. The van der Waals surface area contributed by atoms with E-state index in [1.807, 2.05) is 6.92 Å². The normalized spacial score (nSPS) is 28.6. The van der Waals surface area contributed by atoms with Gasteiger partial charge in [0.2, 0.25) is 5.91 Å². The molecule has 2 bridgehead atoms. The molecule has 3 aliphatic rings. The minimum Gasteiger partial charge on any atom is -0.447 e. The Bertz CT molecular complexity index is 1550. The Hall–Kier alpha value is -3.36. The van der Waals surface area contributed by atoms with Crippen molar-refractivity contribution in [3.05, 3.63) is 58.4 Å². The van der Waals surface area contributed by atoms with Gasteiger partial charge in [-0.1, -0.05) is 18.5 Å². The third-order valence-corrected chi connectivity index (χ3v) is 11.1. The first-order chi connectivity index (χ1) is 19.7. The fourth-order valence-electron chi connectivity index (χ4n) is 6.33. The average molecular weight is 630 g/mol. The Morgan fingerprint density at radius 1 is 1.14 bits per heavy atom. The molecule has 10 nitrogen and oxygen atoms in total. The number of carbonyl (C=O) groups excluding carboxylic acids is 3. The molecule has 1 heterocycles. The number of aliphatic hydroxyl groups is 1. The maximum Gasteiger partial charge on any atom is 0.407 e. The molecule has 4 N–H and O–H groups in total. The van der Waals surface area contributed by atoms with E-state index in [4.69, 9.17) is 16.3 Å². The molecule has 15 heteroatoms. The van der Waals surface area contributed by atoms with Gasteiger partial charge in [-0.05, 0) is 55.2 Å². The summed E-state index contributed by atoms with van der Waals surface area (Å²) in [7, 11) is -4.13. The molecule has 2 aromatic rings. The minimum absolute atomic E-state index is 0.0595. The minimum atomic E-state index is -4.13. The Balaban J connectivity index is 1.33. The van der Waals surface area contributed by atoms with E-state index >= 15 is 0 Å². The van der Waals surface area contributed by atoms with E-state index in [1.54, 1.807) is 0 Å². The Labute approximate surface area is 243 Å². The van der Waals surface area contributed by atoms with Crippen molar-refractivity contribution in [1.82, 2.24) is 10.6 Å². The van der Waals surface area contributed by atoms with Crippen LogP contribution in [-0.2, 0) is 19.4 Å². The van der Waals surface area contributed by atoms with Gasteiger partial charge in [0.15, 0.2) is 27.3 Å². The van der Waals surface area contributed by atoms with Crippen molar-refractivity contribution >= 4 is 45.0 Å². The standard InChI is InChI=1S/C27H27ClF3N3O7S/c1-12-4-14-6-16(9-17(12)27(14,38)11-32-25(36)21-10-41-26(37)34-21)42(39,40)22-5-13(2-3-18(22)28)24(35)33-15-7-19(29)23(31)20(30)8-15/h2-3,5,7-8,12,14,16-17,21,38H,4,6,9-11H2,1H3,(H,32,36)(H,33,35)(H,34,37)/t12-,14?,16+,17?,21?,27+/m0/s1. The van der Waals surface area contributed by atoms with Gasteiger partial charge in [-0.25, -0.2) is 26.4 Å². The van der Waals surface area contributed by atoms with E-state index in [-0.39, 0.29) is 53.1 Å². The maximum absolute atomic E-state index is 13.8. The molecule has 1 aliphatic heterocycles. The topological polar surface area (TPSA) is 151 Å². The molecule has 3 amide bonds. The predicted octanol–water partition coefficient (Wildman–Crippen LogP) is 3.17. The fourth-order valence-corrected chi connectivity index (χ4v) is 8.70. The lowest BCUT2D eigenvalue weighted by Gasteiger charge is -2.43. The van der Waals surface area contributed by atoms with Gasteiger partial charge in [0.1, 0.15) is 12.6 Å². The zero-order valence-corrected chi connectivity index (χ0v) is 23.7. The van der Waals surface area contributed by atoms with Gasteiger partial charge in [0.05, 0.1) is 20.8 Å². The van der Waals surface area contributed by atoms with E-state index < -0.39 is 73.9 Å². The van der Waals surface area contributed by atoms with Gasteiger partial charge in [-0.3, -0.25) is 9.59 Å². The summed E-state index contributed by atoms with van der Waals surface area (Å²) in [6.07, 6.45) is -0.0597. The summed E-state index contributed by atoms with van der Waals surface area (Å²) in [4.78, 5) is 36.2. The molecule has 0 radical (unpaired) electrons. The first kappa shape index (κ1) is 30.1. The van der Waals surface area contributed by atoms with Gasteiger partial charge in [-0.2, -0.15) is 0 Å². The highest BCUT2D eigenvalue weighted by Crippen LogP contribution is 2.54. The molecule has 0 spiro atoms. The molecule has 2 aliphatic carbocycles. The third-order valence-electron chi connectivity index (χ3n) is 8.47. The van der Waals surface area contributed by atoms with E-state index in [1.165, 1.54) is 12.1 Å². The molecule has 42 heavy (non-hydrogen) atoms. The van der Waals surface area contributed by atoms with Gasteiger partial charge in [-0.15, -0.1) is 0 Å². The van der Waals surface area contributed by atoms with Crippen molar-refractivity contribution in [2.45, 2.75) is 48.0 Å². The number of hydrogen-bond donors (Lipinski definition) is 4. The zero-order valence-electron chi connectivity index (χ0n) is 22.1. The van der Waals surface area contributed by atoms with E-state index in [9.17, 15) is 41.1 Å². The molecule has 0 aromatic heterocycles. The molecule has 6 atom stereocenters. The summed E-state index contributed by atoms with van der Waals surface area (Å²) in [5, 5.41) is 17.8. The number of cyclic esters (lactones) is 1. The number of anilines is 1. The number of carbonyl (C=O) groups is 3.